The van der Waals surface area contributed by atoms with Gasteiger partial charge in [0.25, 0.3) is 0 Å². The van der Waals surface area contributed by atoms with Crippen LogP contribution < -0.4 is 9.47 Å². The largest absolute Gasteiger partial charge is 0.490 e. The van der Waals surface area contributed by atoms with Crippen LogP contribution in [0.4, 0.5) is 0 Å². The molecular weight excluding hydrogens is 410 g/mol. The van der Waals surface area contributed by atoms with E-state index in [0.29, 0.717) is 31.1 Å². The standard InChI is InChI=1S/C25H27NO4S/c1-2-29-22-16-19(12-13-21(22)30-17-18-8-4-3-5-9-18)24(23-11-7-15-31-23)26-14-6-10-20(26)25(27)28/h3-5,7-9,11-13,15-16,20,24H,2,6,10,14,17H2,1H3,(H,27,28). The molecule has 0 spiro atoms. The van der Waals surface area contributed by atoms with Crippen molar-refractivity contribution in [3.8, 4) is 11.5 Å². The maximum absolute atomic E-state index is 11.9. The van der Waals surface area contributed by atoms with Gasteiger partial charge in [-0.25, -0.2) is 0 Å². The van der Waals surface area contributed by atoms with E-state index in [4.69, 9.17) is 9.47 Å². The molecule has 1 aliphatic heterocycles. The van der Waals surface area contributed by atoms with Crippen molar-refractivity contribution in [2.45, 2.75) is 38.5 Å². The lowest BCUT2D eigenvalue weighted by Gasteiger charge is -2.31. The maximum atomic E-state index is 11.9. The number of nitrogens with zero attached hydrogens (tertiary/aromatic N) is 1. The highest BCUT2D eigenvalue weighted by molar-refractivity contribution is 7.10. The smallest absolute Gasteiger partial charge is 0.320 e. The second-order valence-corrected chi connectivity index (χ2v) is 8.54. The first-order chi connectivity index (χ1) is 15.2. The average molecular weight is 438 g/mol. The molecule has 0 bridgehead atoms. The van der Waals surface area contributed by atoms with E-state index in [1.54, 1.807) is 11.3 Å². The number of thiophene rings is 1. The average Bonchev–Trinajstić information content (AvgIpc) is 3.47. The molecule has 0 amide bonds. The first kappa shape index (κ1) is 21.4. The van der Waals surface area contributed by atoms with Crippen LogP contribution in [0.15, 0.2) is 66.0 Å². The lowest BCUT2D eigenvalue weighted by Crippen LogP contribution is -2.39. The van der Waals surface area contributed by atoms with Crippen molar-refractivity contribution >= 4 is 17.3 Å². The third-order valence-corrected chi connectivity index (χ3v) is 6.47. The molecule has 1 fully saturated rings. The predicted molar refractivity (Wildman–Crippen MR) is 122 cm³/mol. The molecule has 2 aromatic carbocycles. The molecule has 1 aromatic heterocycles. The Hall–Kier alpha value is -2.83. The van der Waals surface area contributed by atoms with Gasteiger partial charge in [0.15, 0.2) is 11.5 Å². The molecule has 31 heavy (non-hydrogen) atoms. The Morgan fingerprint density at radius 1 is 1.13 bits per heavy atom. The molecule has 1 aliphatic rings. The Morgan fingerprint density at radius 3 is 2.68 bits per heavy atom. The molecular formula is C25H27NO4S. The summed E-state index contributed by atoms with van der Waals surface area (Å²) in [6.45, 7) is 3.69. The summed E-state index contributed by atoms with van der Waals surface area (Å²) in [6.07, 6.45) is 1.56. The third kappa shape index (κ3) is 4.92. The van der Waals surface area contributed by atoms with Gasteiger partial charge in [-0.1, -0.05) is 42.5 Å². The van der Waals surface area contributed by atoms with E-state index in [-0.39, 0.29) is 6.04 Å². The van der Waals surface area contributed by atoms with Gasteiger partial charge in [-0.2, -0.15) is 0 Å². The summed E-state index contributed by atoms with van der Waals surface area (Å²) in [5.74, 6) is 0.617. The van der Waals surface area contributed by atoms with Crippen molar-refractivity contribution in [2.24, 2.45) is 0 Å². The molecule has 6 heteroatoms. The number of hydrogen-bond acceptors (Lipinski definition) is 5. The number of carboxylic acids is 1. The van der Waals surface area contributed by atoms with Crippen LogP contribution in [0.2, 0.25) is 0 Å². The number of likely N-dealkylation sites (tertiary alicyclic amines) is 1. The summed E-state index contributed by atoms with van der Waals surface area (Å²) in [6, 6.07) is 19.5. The van der Waals surface area contributed by atoms with Crippen LogP contribution in [0.3, 0.4) is 0 Å². The van der Waals surface area contributed by atoms with Crippen molar-refractivity contribution in [3.05, 3.63) is 82.0 Å². The zero-order chi connectivity index (χ0) is 21.6. The monoisotopic (exact) mass is 437 g/mol. The van der Waals surface area contributed by atoms with Gasteiger partial charge in [-0.3, -0.25) is 9.69 Å². The zero-order valence-corrected chi connectivity index (χ0v) is 18.4. The molecule has 3 aromatic rings. The number of carbonyl (C=O) groups is 1. The van der Waals surface area contributed by atoms with E-state index in [2.05, 4.69) is 11.0 Å². The minimum Gasteiger partial charge on any atom is -0.490 e. The number of rotatable bonds is 9. The number of ether oxygens (including phenoxy) is 2. The fraction of sp³-hybridized carbons (Fsp3) is 0.320. The molecule has 1 N–H and O–H groups in total. The summed E-state index contributed by atoms with van der Waals surface area (Å²) in [5, 5.41) is 11.8. The molecule has 2 unspecified atom stereocenters. The van der Waals surface area contributed by atoms with Crippen LogP contribution in [0.5, 0.6) is 11.5 Å². The zero-order valence-electron chi connectivity index (χ0n) is 17.6. The molecule has 5 nitrogen and oxygen atoms in total. The van der Waals surface area contributed by atoms with Crippen LogP contribution in [-0.4, -0.2) is 35.2 Å². The molecule has 0 radical (unpaired) electrons. The number of hydrogen-bond donors (Lipinski definition) is 1. The predicted octanol–water partition coefficient (Wildman–Crippen LogP) is 5.36. The lowest BCUT2D eigenvalue weighted by atomic mass is 10.0. The van der Waals surface area contributed by atoms with E-state index in [9.17, 15) is 9.90 Å². The molecule has 2 atom stereocenters. The van der Waals surface area contributed by atoms with E-state index < -0.39 is 12.0 Å². The first-order valence-electron chi connectivity index (χ1n) is 10.6. The Balaban J connectivity index is 1.65. The molecule has 4 rings (SSSR count). The van der Waals surface area contributed by atoms with Gasteiger partial charge in [0.2, 0.25) is 0 Å². The Bertz CT molecular complexity index is 990. The molecule has 0 saturated carbocycles. The second-order valence-electron chi connectivity index (χ2n) is 7.57. The lowest BCUT2D eigenvalue weighted by molar-refractivity contribution is -0.142. The highest BCUT2D eigenvalue weighted by Crippen LogP contribution is 2.40. The van der Waals surface area contributed by atoms with Crippen LogP contribution >= 0.6 is 11.3 Å². The van der Waals surface area contributed by atoms with E-state index in [1.165, 1.54) is 0 Å². The third-order valence-electron chi connectivity index (χ3n) is 5.54. The maximum Gasteiger partial charge on any atom is 0.320 e. The second kappa shape index (κ2) is 9.98. The number of benzene rings is 2. The van der Waals surface area contributed by atoms with Gasteiger partial charge in [-0.05, 0) is 54.5 Å². The molecule has 0 aliphatic carbocycles. The van der Waals surface area contributed by atoms with Gasteiger partial charge in [-0.15, -0.1) is 11.3 Å². The molecule has 1 saturated heterocycles. The van der Waals surface area contributed by atoms with Gasteiger partial charge >= 0.3 is 5.97 Å². The summed E-state index contributed by atoms with van der Waals surface area (Å²) in [7, 11) is 0. The van der Waals surface area contributed by atoms with Crippen molar-refractivity contribution in [1.29, 1.82) is 0 Å². The Kier molecular flexibility index (Phi) is 6.89. The van der Waals surface area contributed by atoms with Crippen LogP contribution in [0.25, 0.3) is 0 Å². The highest BCUT2D eigenvalue weighted by Gasteiger charge is 2.37. The van der Waals surface area contributed by atoms with Crippen LogP contribution in [0, 0.1) is 0 Å². The molecule has 162 valence electrons. The highest BCUT2D eigenvalue weighted by atomic mass is 32.1. The van der Waals surface area contributed by atoms with Crippen molar-refractivity contribution in [1.82, 2.24) is 4.90 Å². The van der Waals surface area contributed by atoms with E-state index in [1.807, 2.05) is 66.9 Å². The van der Waals surface area contributed by atoms with Gasteiger partial charge in [0.05, 0.1) is 12.6 Å². The Labute approximate surface area is 186 Å². The van der Waals surface area contributed by atoms with Gasteiger partial charge in [0, 0.05) is 11.4 Å². The van der Waals surface area contributed by atoms with Crippen LogP contribution in [0.1, 0.15) is 41.8 Å². The van der Waals surface area contributed by atoms with Crippen LogP contribution in [-0.2, 0) is 11.4 Å². The van der Waals surface area contributed by atoms with E-state index >= 15 is 0 Å². The first-order valence-corrected chi connectivity index (χ1v) is 11.5. The number of carboxylic acid groups (broad SMARTS) is 1. The van der Waals surface area contributed by atoms with Crippen molar-refractivity contribution < 1.29 is 19.4 Å². The summed E-state index contributed by atoms with van der Waals surface area (Å²) in [5.41, 5.74) is 2.11. The van der Waals surface area contributed by atoms with Crippen molar-refractivity contribution in [2.75, 3.05) is 13.2 Å². The fourth-order valence-electron chi connectivity index (χ4n) is 4.15. The van der Waals surface area contributed by atoms with Gasteiger partial charge in [0.1, 0.15) is 12.6 Å². The van der Waals surface area contributed by atoms with Gasteiger partial charge < -0.3 is 14.6 Å². The topological polar surface area (TPSA) is 59.0 Å². The minimum absolute atomic E-state index is 0.119. The Morgan fingerprint density at radius 2 is 1.97 bits per heavy atom. The summed E-state index contributed by atoms with van der Waals surface area (Å²) in [4.78, 5) is 15.1. The van der Waals surface area contributed by atoms with E-state index in [0.717, 1.165) is 29.0 Å². The normalized spacial score (nSPS) is 17.4. The van der Waals surface area contributed by atoms with Crippen molar-refractivity contribution in [3.63, 3.8) is 0 Å². The summed E-state index contributed by atoms with van der Waals surface area (Å²) >= 11 is 1.65. The minimum atomic E-state index is -0.757. The SMILES string of the molecule is CCOc1cc(C(c2cccs2)N2CCCC2C(=O)O)ccc1OCc1ccccc1. The molecule has 2 heterocycles. The number of aliphatic carboxylic acids is 1. The quantitative estimate of drug-likeness (QED) is 0.488. The fourth-order valence-corrected chi connectivity index (χ4v) is 5.02. The summed E-state index contributed by atoms with van der Waals surface area (Å²) < 4.78 is 12.0.